The molecule has 0 aliphatic heterocycles. The number of hydrogen-bond donors (Lipinski definition) is 2. The summed E-state index contributed by atoms with van der Waals surface area (Å²) in [7, 11) is 0. The second-order valence-electron chi connectivity index (χ2n) is 8.59. The summed E-state index contributed by atoms with van der Waals surface area (Å²) in [6, 6.07) is 0.723. The summed E-state index contributed by atoms with van der Waals surface area (Å²) >= 11 is 0. The van der Waals surface area contributed by atoms with E-state index in [2.05, 4.69) is 66.3 Å². The average molecular weight is 398 g/mol. The van der Waals surface area contributed by atoms with Crippen molar-refractivity contribution in [1.29, 1.82) is 0 Å². The Hall–Kier alpha value is -2.13. The zero-order chi connectivity index (χ0) is 21.0. The normalized spacial score (nSPS) is 23.1. The molecule has 29 heavy (non-hydrogen) atoms. The molecule has 0 radical (unpaired) electrons. The van der Waals surface area contributed by atoms with Crippen LogP contribution in [0.1, 0.15) is 85.4 Å². The highest BCUT2D eigenvalue weighted by Gasteiger charge is 2.31. The molecule has 1 aliphatic rings. The number of aromatic nitrogens is 4. The zero-order valence-electron chi connectivity index (χ0n) is 18.5. The van der Waals surface area contributed by atoms with E-state index < -0.39 is 5.60 Å². The quantitative estimate of drug-likeness (QED) is 0.705. The van der Waals surface area contributed by atoms with Gasteiger partial charge >= 0.3 is 0 Å². The fourth-order valence-electron chi connectivity index (χ4n) is 4.49. The van der Waals surface area contributed by atoms with Gasteiger partial charge in [0.1, 0.15) is 11.1 Å². The molecular weight excluding hydrogens is 362 g/mol. The Morgan fingerprint density at radius 3 is 2.69 bits per heavy atom. The van der Waals surface area contributed by atoms with Gasteiger partial charge in [0, 0.05) is 12.1 Å². The molecule has 0 unspecified atom stereocenters. The van der Waals surface area contributed by atoms with Gasteiger partial charge in [-0.05, 0) is 57.3 Å². The largest absolute Gasteiger partial charge is 0.378 e. The Kier molecular flexibility index (Phi) is 6.79. The molecule has 6 nitrogen and oxygen atoms in total. The van der Waals surface area contributed by atoms with Gasteiger partial charge in [0.05, 0.1) is 6.33 Å². The lowest BCUT2D eigenvalue weighted by atomic mass is 9.79. The molecule has 1 fully saturated rings. The number of aromatic amines is 1. The summed E-state index contributed by atoms with van der Waals surface area (Å²) in [5, 5.41) is 10.9. The molecule has 2 N–H and O–H groups in total. The SMILES string of the molecule is CCC(CC)N(c1nc(C#C[C@]2(O)CCC[C@@H](C)C2)nc2nc[nH]c12)[C@@H](C)CC. The number of rotatable bonds is 6. The molecule has 158 valence electrons. The van der Waals surface area contributed by atoms with Gasteiger partial charge in [-0.15, -0.1) is 0 Å². The van der Waals surface area contributed by atoms with Gasteiger partial charge in [0.15, 0.2) is 11.5 Å². The van der Waals surface area contributed by atoms with E-state index in [1.807, 2.05) is 0 Å². The molecule has 6 heteroatoms. The molecule has 2 aromatic rings. The number of fused-ring (bicyclic) bond motifs is 1. The number of nitrogens with zero attached hydrogens (tertiary/aromatic N) is 4. The maximum Gasteiger partial charge on any atom is 0.209 e. The summed E-state index contributed by atoms with van der Waals surface area (Å²) in [5.41, 5.74) is 0.545. The monoisotopic (exact) mass is 397 g/mol. The van der Waals surface area contributed by atoms with Crippen molar-refractivity contribution < 1.29 is 5.11 Å². The van der Waals surface area contributed by atoms with Crippen LogP contribution in [-0.4, -0.2) is 42.7 Å². The van der Waals surface area contributed by atoms with Crippen molar-refractivity contribution in [2.75, 3.05) is 4.90 Å². The maximum atomic E-state index is 10.9. The van der Waals surface area contributed by atoms with Crippen LogP contribution in [0.3, 0.4) is 0 Å². The van der Waals surface area contributed by atoms with Crippen molar-refractivity contribution in [1.82, 2.24) is 19.9 Å². The number of nitrogens with one attached hydrogen (secondary N) is 1. The van der Waals surface area contributed by atoms with Gasteiger partial charge in [-0.2, -0.15) is 4.98 Å². The third-order valence-electron chi connectivity index (χ3n) is 6.29. The number of hydrogen-bond acceptors (Lipinski definition) is 5. The highest BCUT2D eigenvalue weighted by molar-refractivity contribution is 5.83. The third kappa shape index (κ3) is 4.72. The van der Waals surface area contributed by atoms with Crippen molar-refractivity contribution >= 4 is 17.0 Å². The maximum absolute atomic E-state index is 10.9. The van der Waals surface area contributed by atoms with E-state index >= 15 is 0 Å². The van der Waals surface area contributed by atoms with Crippen LogP contribution in [-0.2, 0) is 0 Å². The first kappa shape index (κ1) is 21.6. The Balaban J connectivity index is 2.05. The van der Waals surface area contributed by atoms with Crippen molar-refractivity contribution in [2.24, 2.45) is 5.92 Å². The van der Waals surface area contributed by atoms with Gasteiger partial charge in [-0.25, -0.2) is 9.97 Å². The topological polar surface area (TPSA) is 77.9 Å². The Bertz CT molecular complexity index is 878. The number of imidazole rings is 1. The van der Waals surface area contributed by atoms with Crippen LogP contribution in [0.2, 0.25) is 0 Å². The first-order valence-corrected chi connectivity index (χ1v) is 11.2. The molecule has 0 amide bonds. The van der Waals surface area contributed by atoms with E-state index in [1.54, 1.807) is 6.33 Å². The van der Waals surface area contributed by atoms with E-state index in [-0.39, 0.29) is 0 Å². The van der Waals surface area contributed by atoms with Crippen molar-refractivity contribution in [3.05, 3.63) is 12.2 Å². The first-order valence-electron chi connectivity index (χ1n) is 11.2. The summed E-state index contributed by atoms with van der Waals surface area (Å²) < 4.78 is 0. The lowest BCUT2D eigenvalue weighted by molar-refractivity contribution is 0.0410. The van der Waals surface area contributed by atoms with Crippen molar-refractivity contribution in [3.8, 4) is 11.8 Å². The van der Waals surface area contributed by atoms with Gasteiger partial charge in [-0.1, -0.05) is 40.0 Å². The van der Waals surface area contributed by atoms with E-state index in [4.69, 9.17) is 4.98 Å². The minimum Gasteiger partial charge on any atom is -0.378 e. The smallest absolute Gasteiger partial charge is 0.209 e. The predicted molar refractivity (Wildman–Crippen MR) is 118 cm³/mol. The van der Waals surface area contributed by atoms with Gasteiger partial charge in [0.2, 0.25) is 5.82 Å². The number of aliphatic hydroxyl groups is 1. The van der Waals surface area contributed by atoms with Crippen LogP contribution in [0.25, 0.3) is 11.2 Å². The number of H-pyrrole nitrogens is 1. The molecule has 2 aromatic heterocycles. The molecule has 3 atom stereocenters. The van der Waals surface area contributed by atoms with Crippen LogP contribution >= 0.6 is 0 Å². The Labute approximate surface area is 174 Å². The highest BCUT2D eigenvalue weighted by Crippen LogP contribution is 2.32. The lowest BCUT2D eigenvalue weighted by Gasteiger charge is -2.36. The zero-order valence-corrected chi connectivity index (χ0v) is 18.5. The first-order chi connectivity index (χ1) is 13.9. The summed E-state index contributed by atoms with van der Waals surface area (Å²) in [5.74, 6) is 7.96. The standard InChI is InChI=1S/C23H35N5O/c1-6-17(5)28(18(7-2)8-3)22-20-21(25-15-24-20)26-19(27-22)11-13-23(29)12-9-10-16(4)14-23/h15-18,29H,6-10,12,14H2,1-5H3,(H,24,25,26,27)/t16-,17+,23-/m1/s1. The molecular formula is C23H35N5O. The Morgan fingerprint density at radius 1 is 1.28 bits per heavy atom. The van der Waals surface area contributed by atoms with Gasteiger partial charge < -0.3 is 15.0 Å². The van der Waals surface area contributed by atoms with Crippen LogP contribution in [0.15, 0.2) is 6.33 Å². The molecule has 2 heterocycles. The van der Waals surface area contributed by atoms with Gasteiger partial charge in [0.25, 0.3) is 0 Å². The van der Waals surface area contributed by atoms with E-state index in [9.17, 15) is 5.11 Å². The molecule has 3 rings (SSSR count). The lowest BCUT2D eigenvalue weighted by Crippen LogP contribution is -2.42. The van der Waals surface area contributed by atoms with Crippen LogP contribution in [0.4, 0.5) is 5.82 Å². The van der Waals surface area contributed by atoms with Crippen LogP contribution < -0.4 is 4.90 Å². The predicted octanol–water partition coefficient (Wildman–Crippen LogP) is 4.44. The summed E-state index contributed by atoms with van der Waals surface area (Å²) in [6.45, 7) is 11.0. The minimum absolute atomic E-state index is 0.338. The van der Waals surface area contributed by atoms with E-state index in [0.717, 1.165) is 43.4 Å². The molecule has 1 aliphatic carbocycles. The Morgan fingerprint density at radius 2 is 2.03 bits per heavy atom. The molecule has 0 spiro atoms. The third-order valence-corrected chi connectivity index (χ3v) is 6.29. The highest BCUT2D eigenvalue weighted by atomic mass is 16.3. The van der Waals surface area contributed by atoms with Crippen molar-refractivity contribution in [3.63, 3.8) is 0 Å². The average Bonchev–Trinajstić information content (AvgIpc) is 3.18. The van der Waals surface area contributed by atoms with E-state index in [0.29, 0.717) is 42.3 Å². The number of anilines is 1. The molecule has 0 aromatic carbocycles. The molecule has 1 saturated carbocycles. The fourth-order valence-corrected chi connectivity index (χ4v) is 4.49. The second kappa shape index (κ2) is 9.13. The van der Waals surface area contributed by atoms with Crippen molar-refractivity contribution in [2.45, 2.75) is 97.2 Å². The van der Waals surface area contributed by atoms with E-state index in [1.165, 1.54) is 0 Å². The summed E-state index contributed by atoms with van der Waals surface area (Å²) in [6.07, 6.45) is 8.36. The minimum atomic E-state index is -0.937. The fraction of sp³-hybridized carbons (Fsp3) is 0.696. The van der Waals surface area contributed by atoms with Crippen LogP contribution in [0.5, 0.6) is 0 Å². The molecule has 0 saturated heterocycles. The second-order valence-corrected chi connectivity index (χ2v) is 8.59. The van der Waals surface area contributed by atoms with Gasteiger partial charge in [-0.3, -0.25) is 0 Å². The van der Waals surface area contributed by atoms with Crippen LogP contribution in [0, 0.1) is 17.8 Å². The molecule has 0 bridgehead atoms. The summed E-state index contributed by atoms with van der Waals surface area (Å²) in [4.78, 5) is 19.4.